The summed E-state index contributed by atoms with van der Waals surface area (Å²) in [6.07, 6.45) is 8.09. The number of hydrogen-bond donors (Lipinski definition) is 5. The molecule has 4 aromatic heterocycles. The highest BCUT2D eigenvalue weighted by Crippen LogP contribution is 2.25. The first-order chi connectivity index (χ1) is 17.9. The average Bonchev–Trinajstić information content (AvgIpc) is 3.51. The van der Waals surface area contributed by atoms with E-state index in [4.69, 9.17) is 5.73 Å². The molecule has 6 rings (SSSR count). The summed E-state index contributed by atoms with van der Waals surface area (Å²) >= 11 is 0. The van der Waals surface area contributed by atoms with Crippen LogP contribution in [0.5, 0.6) is 5.88 Å². The van der Waals surface area contributed by atoms with Crippen molar-refractivity contribution in [2.45, 2.75) is 25.4 Å². The van der Waals surface area contributed by atoms with Crippen LogP contribution in [0.25, 0.3) is 22.9 Å². The summed E-state index contributed by atoms with van der Waals surface area (Å²) in [6, 6.07) is 4.59. The molecule has 1 aliphatic carbocycles. The third-order valence-electron chi connectivity index (χ3n) is 5.75. The Morgan fingerprint density at radius 2 is 2.03 bits per heavy atom. The van der Waals surface area contributed by atoms with E-state index < -0.39 is 11.5 Å². The van der Waals surface area contributed by atoms with Crippen LogP contribution in [0.4, 0.5) is 16.3 Å². The predicted octanol–water partition coefficient (Wildman–Crippen LogP) is 0.247. The summed E-state index contributed by atoms with van der Waals surface area (Å²) in [5.74, 6) is -0.295. The van der Waals surface area contributed by atoms with Gasteiger partial charge in [0.1, 0.15) is 11.5 Å². The van der Waals surface area contributed by atoms with E-state index in [0.717, 1.165) is 18.4 Å². The van der Waals surface area contributed by atoms with E-state index in [2.05, 4.69) is 45.3 Å². The Labute approximate surface area is 206 Å². The number of hydrogen-bond acceptors (Lipinski definition) is 10. The second-order valence-corrected chi connectivity index (χ2v) is 8.51. The number of rotatable bonds is 6. The van der Waals surface area contributed by atoms with Crippen LogP contribution in [0.3, 0.4) is 0 Å². The highest BCUT2D eigenvalue weighted by atomic mass is 19.1. The van der Waals surface area contributed by atoms with Crippen LogP contribution in [-0.2, 0) is 6.54 Å². The zero-order valence-corrected chi connectivity index (χ0v) is 19.2. The summed E-state index contributed by atoms with van der Waals surface area (Å²) in [6.45, 7) is 0.262. The molecule has 4 heterocycles. The zero-order valence-electron chi connectivity index (χ0n) is 19.2. The van der Waals surface area contributed by atoms with Crippen molar-refractivity contribution < 1.29 is 9.50 Å². The largest absolute Gasteiger partial charge is 0.493 e. The Morgan fingerprint density at radius 3 is 2.76 bits per heavy atom. The number of fused-ring (bicyclic) bond motifs is 1. The molecule has 0 saturated heterocycles. The first kappa shape index (κ1) is 22.3. The maximum atomic E-state index is 14.1. The fraction of sp³-hybridized carbons (Fsp3) is 0.174. The summed E-state index contributed by atoms with van der Waals surface area (Å²) in [4.78, 5) is 38.1. The Balaban J connectivity index is 1.40. The van der Waals surface area contributed by atoms with Crippen molar-refractivity contribution in [1.29, 1.82) is 0 Å². The van der Waals surface area contributed by atoms with E-state index in [1.807, 2.05) is 0 Å². The summed E-state index contributed by atoms with van der Waals surface area (Å²) < 4.78 is 15.6. The van der Waals surface area contributed by atoms with Gasteiger partial charge < -0.3 is 21.1 Å². The van der Waals surface area contributed by atoms with Gasteiger partial charge in [-0.2, -0.15) is 19.6 Å². The van der Waals surface area contributed by atoms with Crippen molar-refractivity contribution in [3.05, 3.63) is 75.2 Å². The van der Waals surface area contributed by atoms with Crippen LogP contribution in [0.1, 0.15) is 24.1 Å². The third-order valence-corrected chi connectivity index (χ3v) is 5.75. The number of anilines is 2. The lowest BCUT2D eigenvalue weighted by atomic mass is 10.0. The van der Waals surface area contributed by atoms with E-state index in [1.54, 1.807) is 18.3 Å². The molecule has 186 valence electrons. The van der Waals surface area contributed by atoms with Gasteiger partial charge >= 0.3 is 5.69 Å². The molecule has 0 atom stereocenters. The Morgan fingerprint density at radius 1 is 1.22 bits per heavy atom. The zero-order chi connectivity index (χ0) is 25.5. The molecule has 0 bridgehead atoms. The number of aromatic hydroxyl groups is 1. The molecule has 13 nitrogen and oxygen atoms in total. The Hall–Kier alpha value is -5.14. The average molecular weight is 501 g/mol. The summed E-state index contributed by atoms with van der Waals surface area (Å²) in [7, 11) is 0. The minimum Gasteiger partial charge on any atom is -0.493 e. The molecule has 0 aliphatic heterocycles. The minimum absolute atomic E-state index is 0.124. The van der Waals surface area contributed by atoms with Gasteiger partial charge in [-0.15, -0.1) is 0 Å². The van der Waals surface area contributed by atoms with Gasteiger partial charge in [0.05, 0.1) is 12.2 Å². The lowest BCUT2D eigenvalue weighted by Gasteiger charge is -2.11. The van der Waals surface area contributed by atoms with Gasteiger partial charge in [-0.05, 0) is 42.2 Å². The van der Waals surface area contributed by atoms with Crippen LogP contribution in [-0.4, -0.2) is 50.7 Å². The number of imidazole rings is 1. The van der Waals surface area contributed by atoms with Crippen LogP contribution in [0, 0.1) is 5.82 Å². The van der Waals surface area contributed by atoms with Crippen LogP contribution < -0.4 is 27.6 Å². The molecule has 1 saturated carbocycles. The minimum atomic E-state index is -0.539. The summed E-state index contributed by atoms with van der Waals surface area (Å²) in [5.41, 5.74) is 8.00. The molecular weight excluding hydrogens is 481 g/mol. The van der Waals surface area contributed by atoms with Crippen LogP contribution in [0.2, 0.25) is 0 Å². The van der Waals surface area contributed by atoms with Crippen molar-refractivity contribution in [2.24, 2.45) is 4.99 Å². The number of H-pyrrole nitrogens is 2. The number of aromatic nitrogens is 8. The SMILES string of the molecule is Nc1ncc(-c2cc(F)ccc2CNc2nc(=NC3CC3)n3ncc(=Cc4[nH]c(=O)[nH]c4O)c3n2)cn1. The Bertz CT molecular complexity index is 1800. The molecule has 1 aromatic carbocycles. The molecule has 1 fully saturated rings. The molecule has 5 aromatic rings. The van der Waals surface area contributed by atoms with Crippen molar-refractivity contribution in [2.75, 3.05) is 11.1 Å². The second-order valence-electron chi connectivity index (χ2n) is 8.51. The fourth-order valence-electron chi connectivity index (χ4n) is 3.78. The highest BCUT2D eigenvalue weighted by Gasteiger charge is 2.21. The topological polar surface area (TPSA) is 188 Å². The molecule has 1 aliphatic rings. The van der Waals surface area contributed by atoms with Crippen molar-refractivity contribution in [3.8, 4) is 17.0 Å². The number of nitrogen functional groups attached to an aromatic ring is 1. The van der Waals surface area contributed by atoms with E-state index >= 15 is 0 Å². The molecule has 14 heteroatoms. The number of benzene rings is 1. The van der Waals surface area contributed by atoms with E-state index in [9.17, 15) is 14.3 Å². The monoisotopic (exact) mass is 501 g/mol. The van der Waals surface area contributed by atoms with E-state index in [-0.39, 0.29) is 36.1 Å². The molecule has 6 N–H and O–H groups in total. The number of nitrogens with one attached hydrogen (secondary N) is 3. The normalized spacial score (nSPS) is 14.5. The fourth-order valence-corrected chi connectivity index (χ4v) is 3.78. The van der Waals surface area contributed by atoms with Gasteiger partial charge in [0.2, 0.25) is 17.8 Å². The molecule has 0 spiro atoms. The van der Waals surface area contributed by atoms with Crippen LogP contribution >= 0.6 is 0 Å². The van der Waals surface area contributed by atoms with Crippen molar-refractivity contribution in [3.63, 3.8) is 0 Å². The predicted molar refractivity (Wildman–Crippen MR) is 130 cm³/mol. The Kier molecular flexibility index (Phi) is 5.32. The van der Waals surface area contributed by atoms with E-state index in [0.29, 0.717) is 27.6 Å². The molecular formula is C23H20FN11O2. The maximum absolute atomic E-state index is 14.1. The lowest BCUT2D eigenvalue weighted by molar-refractivity contribution is 0.454. The summed E-state index contributed by atoms with van der Waals surface area (Å²) in [5, 5.41) is 18.0. The van der Waals surface area contributed by atoms with Crippen molar-refractivity contribution in [1.82, 2.24) is 39.5 Å². The van der Waals surface area contributed by atoms with Gasteiger partial charge in [0.15, 0.2) is 5.65 Å². The van der Waals surface area contributed by atoms with Crippen molar-refractivity contribution >= 4 is 23.6 Å². The number of aromatic amines is 2. The number of halogens is 1. The van der Waals surface area contributed by atoms with Gasteiger partial charge in [0.25, 0.3) is 5.62 Å². The van der Waals surface area contributed by atoms with Gasteiger partial charge in [-0.3, -0.25) is 4.98 Å². The molecule has 0 unspecified atom stereocenters. The highest BCUT2D eigenvalue weighted by molar-refractivity contribution is 5.66. The molecule has 0 radical (unpaired) electrons. The second kappa shape index (κ2) is 8.82. The first-order valence-electron chi connectivity index (χ1n) is 11.4. The number of nitrogens with two attached hydrogens (primary N) is 1. The quantitative estimate of drug-likeness (QED) is 0.217. The third kappa shape index (κ3) is 4.59. The standard InChI is InChI=1S/C23H20FN11O2/c24-14-2-1-11(16(6-14)13-8-26-20(25)27-9-13)7-28-21-32-18-12(5-17-19(36)33-23(37)31-17)10-29-35(18)22(34-21)30-15-3-4-15/h1-2,5-6,8-10,15,36H,3-4,7H2,(H2,25,26,27)(H,28,30,34)(H2,31,33,37). The molecule has 37 heavy (non-hydrogen) atoms. The van der Waals surface area contributed by atoms with Gasteiger partial charge in [-0.25, -0.2) is 24.1 Å². The lowest BCUT2D eigenvalue weighted by Crippen LogP contribution is -2.24. The van der Waals surface area contributed by atoms with E-state index in [1.165, 1.54) is 29.0 Å². The van der Waals surface area contributed by atoms with Crippen LogP contribution in [0.15, 0.2) is 46.6 Å². The number of nitrogens with zero attached hydrogens (tertiary/aromatic N) is 7. The first-order valence-corrected chi connectivity index (χ1v) is 11.4. The smallest absolute Gasteiger partial charge is 0.326 e. The van der Waals surface area contributed by atoms with Gasteiger partial charge in [0, 0.05) is 29.7 Å². The molecule has 0 amide bonds. The maximum Gasteiger partial charge on any atom is 0.326 e. The van der Waals surface area contributed by atoms with Gasteiger partial charge in [-0.1, -0.05) is 6.07 Å².